The number of amidine groups is 1. The van der Waals surface area contributed by atoms with Crippen molar-refractivity contribution in [1.29, 1.82) is 5.41 Å². The first kappa shape index (κ1) is 44.9. The molecule has 5 aromatic rings. The second kappa shape index (κ2) is 20.1. The molecule has 1 amide bonds. The van der Waals surface area contributed by atoms with E-state index in [1.165, 1.54) is 49.4 Å². The Kier molecular flexibility index (Phi) is 15.0. The molecule has 60 heavy (non-hydrogen) atoms. The van der Waals surface area contributed by atoms with Gasteiger partial charge < -0.3 is 42.0 Å². The Morgan fingerprint density at radius 3 is 1.80 bits per heavy atom. The number of carboxylic acid groups (broad SMARTS) is 1. The summed E-state index contributed by atoms with van der Waals surface area (Å²) < 4.78 is 12.7. The van der Waals surface area contributed by atoms with Crippen LogP contribution in [0.5, 0.6) is 11.5 Å². The predicted octanol–water partition coefficient (Wildman–Crippen LogP) is 3.65. The van der Waals surface area contributed by atoms with Crippen LogP contribution in [-0.2, 0) is 29.2 Å². The molecule has 2 aromatic heterocycles. The first-order chi connectivity index (χ1) is 28.4. The van der Waals surface area contributed by atoms with Crippen molar-refractivity contribution in [1.82, 2.24) is 24.4 Å². The maximum absolute atomic E-state index is 13.2. The van der Waals surface area contributed by atoms with Crippen LogP contribution in [0.4, 0.5) is 23.0 Å². The van der Waals surface area contributed by atoms with Crippen molar-refractivity contribution < 1.29 is 29.1 Å². The van der Waals surface area contributed by atoms with Gasteiger partial charge in [0.15, 0.2) is 11.6 Å². The Hall–Kier alpha value is -7.77. The van der Waals surface area contributed by atoms with Crippen LogP contribution in [-0.4, -0.2) is 73.1 Å². The second-order valence-corrected chi connectivity index (χ2v) is 13.8. The van der Waals surface area contributed by atoms with Gasteiger partial charge in [-0.2, -0.15) is 0 Å². The molecule has 0 unspecified atom stereocenters. The van der Waals surface area contributed by atoms with Crippen LogP contribution < -0.4 is 48.0 Å². The number of hydrogen-bond acceptors (Lipinski definition) is 14. The molecule has 20 heteroatoms. The molecule has 0 aliphatic carbocycles. The number of nitrogens with zero attached hydrogens (tertiary/aromatic N) is 5. The summed E-state index contributed by atoms with van der Waals surface area (Å²) in [6.07, 6.45) is 2.83. The summed E-state index contributed by atoms with van der Waals surface area (Å²) in [4.78, 5) is 68.7. The van der Waals surface area contributed by atoms with Crippen molar-refractivity contribution in [3.63, 3.8) is 0 Å². The molecule has 0 aliphatic heterocycles. The first-order valence-corrected chi connectivity index (χ1v) is 18.3. The van der Waals surface area contributed by atoms with Crippen molar-refractivity contribution >= 4 is 40.7 Å². The quantitative estimate of drug-likeness (QED) is 0.0246. The number of amides is 1. The number of hydrogen-bond donors (Lipinski definition) is 7. The van der Waals surface area contributed by atoms with Crippen LogP contribution in [0.15, 0.2) is 82.6 Å². The minimum absolute atomic E-state index is 0.00222. The molecular weight excluding hydrogens is 779 g/mol. The van der Waals surface area contributed by atoms with E-state index in [0.717, 1.165) is 10.1 Å². The number of non-ortho nitro benzene ring substituents is 1. The van der Waals surface area contributed by atoms with Gasteiger partial charge in [-0.3, -0.25) is 43.8 Å². The molecule has 2 heterocycles. The third kappa shape index (κ3) is 11.9. The summed E-state index contributed by atoms with van der Waals surface area (Å²) in [5.74, 6) is -0.720. The standard InChI is InChI=1S/C24H29N7O3.C16H18N4O6/c1-14(2)30-23-24(33)31(20(12-29-23)17-8-18(25)10-19(9-17)34-3)13-21(32)28-11-15-4-6-16(7-5-15)22(26)27;1-9(2)18-15-16(23)19(8-14(21)22)13(7-17-15)10-4-11(20(24)25)6-12(5-10)26-3/h4-10,12,14H,11,13,25H2,1-3H3,(H3,26,27)(H,28,32)(H,29,30);4-7,9H,8H2,1-3H3,(H,17,18)(H,21,22). The summed E-state index contributed by atoms with van der Waals surface area (Å²) in [6.45, 7) is 6.83. The number of carboxylic acids is 1. The van der Waals surface area contributed by atoms with Crippen molar-refractivity contribution in [2.75, 3.05) is 30.6 Å². The maximum atomic E-state index is 13.2. The van der Waals surface area contributed by atoms with Crippen molar-refractivity contribution in [3.05, 3.63) is 115 Å². The molecule has 0 bridgehead atoms. The SMILES string of the molecule is COc1cc(-c2cnc(NC(C)C)c(=O)n2CC(=O)O)cc([N+](=O)[O-])c1.COc1cc(N)cc(-c2cnc(NC(C)C)c(=O)n2CC(=O)NCc2ccc(C(=N)N)cc2)c1. The van der Waals surface area contributed by atoms with Gasteiger partial charge in [0.05, 0.1) is 49.0 Å². The number of nitro groups is 1. The minimum atomic E-state index is -1.23. The lowest BCUT2D eigenvalue weighted by Gasteiger charge is -2.17. The lowest BCUT2D eigenvalue weighted by Crippen LogP contribution is -2.35. The summed E-state index contributed by atoms with van der Waals surface area (Å²) in [5, 5.41) is 36.4. The van der Waals surface area contributed by atoms with E-state index in [1.807, 2.05) is 27.7 Å². The molecule has 0 aliphatic rings. The van der Waals surface area contributed by atoms with E-state index in [9.17, 15) is 29.3 Å². The summed E-state index contributed by atoms with van der Waals surface area (Å²) in [6, 6.07) is 15.9. The van der Waals surface area contributed by atoms with Crippen LogP contribution >= 0.6 is 0 Å². The van der Waals surface area contributed by atoms with Gasteiger partial charge in [0.2, 0.25) is 5.91 Å². The summed E-state index contributed by atoms with van der Waals surface area (Å²) in [5.41, 5.74) is 13.5. The molecule has 0 spiro atoms. The number of nitrogens with two attached hydrogens (primary N) is 2. The van der Waals surface area contributed by atoms with E-state index in [-0.39, 0.29) is 71.2 Å². The van der Waals surface area contributed by atoms with Gasteiger partial charge in [0, 0.05) is 53.1 Å². The number of aromatic nitrogens is 4. The van der Waals surface area contributed by atoms with E-state index in [2.05, 4.69) is 25.9 Å². The number of carbonyl (C=O) groups is 2. The molecule has 0 saturated carbocycles. The van der Waals surface area contributed by atoms with E-state index in [0.29, 0.717) is 28.3 Å². The number of nitrogens with one attached hydrogen (secondary N) is 4. The summed E-state index contributed by atoms with van der Waals surface area (Å²) >= 11 is 0. The number of rotatable bonds is 16. The van der Waals surface area contributed by atoms with Crippen molar-refractivity contribution in [2.24, 2.45) is 5.73 Å². The van der Waals surface area contributed by atoms with Crippen LogP contribution in [0.2, 0.25) is 0 Å². The number of nitro benzene ring substituents is 1. The number of nitrogen functional groups attached to an aromatic ring is 2. The van der Waals surface area contributed by atoms with Crippen LogP contribution in [0.25, 0.3) is 22.5 Å². The molecule has 20 nitrogen and oxygen atoms in total. The molecule has 3 aromatic carbocycles. The lowest BCUT2D eigenvalue weighted by molar-refractivity contribution is -0.384. The monoisotopic (exact) mass is 825 g/mol. The van der Waals surface area contributed by atoms with E-state index < -0.39 is 28.6 Å². The number of aliphatic carboxylic acids is 1. The first-order valence-electron chi connectivity index (χ1n) is 18.3. The Morgan fingerprint density at radius 1 is 0.833 bits per heavy atom. The van der Waals surface area contributed by atoms with Crippen molar-refractivity contribution in [3.8, 4) is 34.0 Å². The van der Waals surface area contributed by atoms with Gasteiger partial charge in [0.1, 0.15) is 30.4 Å². The van der Waals surface area contributed by atoms with Gasteiger partial charge in [-0.05, 0) is 51.5 Å². The second-order valence-electron chi connectivity index (χ2n) is 13.8. The van der Waals surface area contributed by atoms with E-state index in [4.69, 9.17) is 31.5 Å². The average Bonchev–Trinajstić information content (AvgIpc) is 3.19. The van der Waals surface area contributed by atoms with Gasteiger partial charge in [0.25, 0.3) is 16.8 Å². The van der Waals surface area contributed by atoms with E-state index in [1.54, 1.807) is 42.5 Å². The number of ether oxygens (including phenoxy) is 2. The van der Waals surface area contributed by atoms with Crippen LogP contribution in [0.3, 0.4) is 0 Å². The van der Waals surface area contributed by atoms with E-state index >= 15 is 0 Å². The lowest BCUT2D eigenvalue weighted by atomic mass is 10.1. The van der Waals surface area contributed by atoms with Crippen LogP contribution in [0, 0.1) is 15.5 Å². The molecule has 0 saturated heterocycles. The fourth-order valence-corrected chi connectivity index (χ4v) is 5.68. The molecule has 9 N–H and O–H groups in total. The third-order valence-electron chi connectivity index (χ3n) is 8.40. The number of benzene rings is 3. The van der Waals surface area contributed by atoms with Crippen molar-refractivity contribution in [2.45, 2.75) is 59.4 Å². The molecule has 0 fully saturated rings. The molecule has 0 atom stereocenters. The Morgan fingerprint density at radius 2 is 1.33 bits per heavy atom. The Bertz CT molecular complexity index is 2500. The largest absolute Gasteiger partial charge is 0.497 e. The Labute approximate surface area is 343 Å². The third-order valence-corrected chi connectivity index (χ3v) is 8.40. The highest BCUT2D eigenvalue weighted by molar-refractivity contribution is 5.94. The zero-order valence-corrected chi connectivity index (χ0v) is 33.8. The van der Waals surface area contributed by atoms with Gasteiger partial charge in [-0.25, -0.2) is 9.97 Å². The fraction of sp³-hybridized carbons (Fsp3) is 0.275. The van der Waals surface area contributed by atoms with Crippen LogP contribution in [0.1, 0.15) is 38.8 Å². The normalized spacial score (nSPS) is 10.7. The number of methoxy groups -OCH3 is 2. The Balaban J connectivity index is 0.000000275. The van der Waals surface area contributed by atoms with Gasteiger partial charge in [-0.1, -0.05) is 24.3 Å². The highest BCUT2D eigenvalue weighted by Crippen LogP contribution is 2.30. The maximum Gasteiger partial charge on any atom is 0.323 e. The number of anilines is 3. The zero-order valence-electron chi connectivity index (χ0n) is 33.8. The zero-order chi connectivity index (χ0) is 44.3. The molecule has 0 radical (unpaired) electrons. The highest BCUT2D eigenvalue weighted by atomic mass is 16.6. The van der Waals surface area contributed by atoms with Gasteiger partial charge >= 0.3 is 5.97 Å². The fourth-order valence-electron chi connectivity index (χ4n) is 5.68. The number of carbonyl (C=O) groups excluding carboxylic acids is 1. The highest BCUT2D eigenvalue weighted by Gasteiger charge is 2.20. The molecule has 5 rings (SSSR count). The predicted molar refractivity (Wildman–Crippen MR) is 226 cm³/mol. The smallest absolute Gasteiger partial charge is 0.323 e. The molecular formula is C40H47N11O9. The van der Waals surface area contributed by atoms with Gasteiger partial charge in [-0.15, -0.1) is 0 Å². The average molecular weight is 826 g/mol. The topological polar surface area (TPSA) is 298 Å². The summed E-state index contributed by atoms with van der Waals surface area (Å²) in [7, 11) is 2.87. The molecule has 316 valence electrons. The minimum Gasteiger partial charge on any atom is -0.497 e.